The van der Waals surface area contributed by atoms with E-state index >= 15 is 0 Å². The van der Waals surface area contributed by atoms with Gasteiger partial charge in [0.05, 0.1) is 5.56 Å². The Bertz CT molecular complexity index is 895. The molecule has 0 unspecified atom stereocenters. The van der Waals surface area contributed by atoms with Crippen molar-refractivity contribution in [3.63, 3.8) is 0 Å². The zero-order valence-electron chi connectivity index (χ0n) is 13.6. The van der Waals surface area contributed by atoms with Gasteiger partial charge >= 0.3 is 12.0 Å². The van der Waals surface area contributed by atoms with Crippen molar-refractivity contribution in [1.29, 1.82) is 0 Å². The number of benzene rings is 3. The minimum absolute atomic E-state index is 0.364. The third kappa shape index (κ3) is 4.67. The summed E-state index contributed by atoms with van der Waals surface area (Å²) >= 11 is 0. The van der Waals surface area contributed by atoms with E-state index in [-0.39, 0.29) is 5.82 Å². The van der Waals surface area contributed by atoms with Gasteiger partial charge in [-0.15, -0.1) is 0 Å². The van der Waals surface area contributed by atoms with Crippen LogP contribution in [0.3, 0.4) is 0 Å². The summed E-state index contributed by atoms with van der Waals surface area (Å²) in [7, 11) is 0. The van der Waals surface area contributed by atoms with E-state index in [9.17, 15) is 14.0 Å². The van der Waals surface area contributed by atoms with Crippen LogP contribution in [0.4, 0.5) is 20.6 Å². The van der Waals surface area contributed by atoms with E-state index in [1.165, 1.54) is 24.3 Å². The highest BCUT2D eigenvalue weighted by Gasteiger charge is 2.08. The van der Waals surface area contributed by atoms with Crippen molar-refractivity contribution in [2.75, 3.05) is 10.6 Å². The molecule has 0 spiro atoms. The molecule has 0 saturated heterocycles. The first-order chi connectivity index (χ1) is 12.6. The molecule has 0 aliphatic heterocycles. The highest BCUT2D eigenvalue weighted by molar-refractivity contribution is 5.99. The third-order valence-corrected chi connectivity index (χ3v) is 3.43. The molecule has 0 heterocycles. The number of hydrogen-bond acceptors (Lipinski definition) is 3. The maximum atomic E-state index is 12.8. The number of hydrogen-bond donors (Lipinski definition) is 2. The second-order valence-electron chi connectivity index (χ2n) is 5.37. The Morgan fingerprint density at radius 1 is 0.731 bits per heavy atom. The monoisotopic (exact) mass is 350 g/mol. The summed E-state index contributed by atoms with van der Waals surface area (Å²) in [6.07, 6.45) is 0. The molecule has 3 aromatic carbocycles. The fourth-order valence-corrected chi connectivity index (χ4v) is 2.17. The topological polar surface area (TPSA) is 67.4 Å². The maximum absolute atomic E-state index is 12.8. The van der Waals surface area contributed by atoms with E-state index < -0.39 is 12.0 Å². The van der Waals surface area contributed by atoms with Gasteiger partial charge in [0.15, 0.2) is 0 Å². The number of halogens is 1. The zero-order chi connectivity index (χ0) is 18.4. The van der Waals surface area contributed by atoms with Crippen molar-refractivity contribution in [3.8, 4) is 5.75 Å². The number of esters is 1. The second-order valence-corrected chi connectivity index (χ2v) is 5.37. The first kappa shape index (κ1) is 17.2. The lowest BCUT2D eigenvalue weighted by molar-refractivity contribution is 0.0734. The molecule has 0 bridgehead atoms. The normalized spacial score (nSPS) is 10.0. The van der Waals surface area contributed by atoms with E-state index in [1.54, 1.807) is 48.5 Å². The van der Waals surface area contributed by atoms with Gasteiger partial charge in [0.2, 0.25) is 0 Å². The Morgan fingerprint density at radius 3 is 1.85 bits per heavy atom. The fraction of sp³-hybridized carbons (Fsp3) is 0. The Kier molecular flexibility index (Phi) is 5.24. The summed E-state index contributed by atoms with van der Waals surface area (Å²) < 4.78 is 18.1. The van der Waals surface area contributed by atoms with Crippen LogP contribution < -0.4 is 15.4 Å². The Labute approximate surface area is 149 Å². The molecule has 130 valence electrons. The predicted molar refractivity (Wildman–Crippen MR) is 96.9 cm³/mol. The molecule has 0 aliphatic carbocycles. The second kappa shape index (κ2) is 7.94. The first-order valence-corrected chi connectivity index (χ1v) is 7.81. The van der Waals surface area contributed by atoms with E-state index in [0.29, 0.717) is 22.7 Å². The van der Waals surface area contributed by atoms with Gasteiger partial charge in [0.1, 0.15) is 11.6 Å². The molecule has 6 heteroatoms. The van der Waals surface area contributed by atoms with Crippen molar-refractivity contribution in [2.45, 2.75) is 0 Å². The molecule has 3 rings (SSSR count). The van der Waals surface area contributed by atoms with Crippen LogP contribution in [0, 0.1) is 5.82 Å². The number of carbonyl (C=O) groups is 2. The molecule has 0 atom stereocenters. The lowest BCUT2D eigenvalue weighted by Crippen LogP contribution is -2.19. The molecular weight excluding hydrogens is 335 g/mol. The predicted octanol–water partition coefficient (Wildman–Crippen LogP) is 4.69. The van der Waals surface area contributed by atoms with Crippen LogP contribution in [-0.2, 0) is 0 Å². The molecule has 3 aromatic rings. The molecule has 0 aliphatic rings. The Hall–Kier alpha value is -3.67. The number of carbonyl (C=O) groups excluding carboxylic acids is 2. The van der Waals surface area contributed by atoms with E-state index in [4.69, 9.17) is 4.74 Å². The smallest absolute Gasteiger partial charge is 0.343 e. The minimum atomic E-state index is -0.467. The van der Waals surface area contributed by atoms with E-state index in [2.05, 4.69) is 10.6 Å². The molecule has 2 N–H and O–H groups in total. The lowest BCUT2D eigenvalue weighted by Gasteiger charge is -2.09. The largest absolute Gasteiger partial charge is 0.423 e. The molecule has 0 fully saturated rings. The highest BCUT2D eigenvalue weighted by atomic mass is 19.1. The van der Waals surface area contributed by atoms with Crippen molar-refractivity contribution in [2.24, 2.45) is 0 Å². The zero-order valence-corrected chi connectivity index (χ0v) is 13.6. The summed E-state index contributed by atoms with van der Waals surface area (Å²) in [5, 5.41) is 5.22. The highest BCUT2D eigenvalue weighted by Crippen LogP contribution is 2.17. The molecule has 2 amide bonds. The summed E-state index contributed by atoms with van der Waals surface area (Å²) in [6.45, 7) is 0. The quantitative estimate of drug-likeness (QED) is 0.530. The van der Waals surface area contributed by atoms with Crippen LogP contribution in [0.2, 0.25) is 0 Å². The first-order valence-electron chi connectivity index (χ1n) is 7.81. The van der Waals surface area contributed by atoms with Gasteiger partial charge in [0, 0.05) is 11.4 Å². The van der Waals surface area contributed by atoms with Gasteiger partial charge < -0.3 is 15.4 Å². The van der Waals surface area contributed by atoms with Gasteiger partial charge in [-0.3, -0.25) is 0 Å². The lowest BCUT2D eigenvalue weighted by atomic mass is 10.2. The number of amides is 2. The molecule has 5 nitrogen and oxygen atoms in total. The standard InChI is InChI=1S/C20H15FN2O3/c21-15-6-8-16(9-7-15)22-20(25)23-17-10-12-18(13-11-17)26-19(24)14-4-2-1-3-5-14/h1-13H,(H2,22,23,25). The van der Waals surface area contributed by atoms with Gasteiger partial charge in [-0.2, -0.15) is 0 Å². The maximum Gasteiger partial charge on any atom is 0.343 e. The number of anilines is 2. The number of urea groups is 1. The molecule has 0 saturated carbocycles. The van der Waals surface area contributed by atoms with E-state index in [1.807, 2.05) is 6.07 Å². The minimum Gasteiger partial charge on any atom is -0.423 e. The SMILES string of the molecule is O=C(Nc1ccc(F)cc1)Nc1ccc(OC(=O)c2ccccc2)cc1. The van der Waals surface area contributed by atoms with Crippen LogP contribution in [0.25, 0.3) is 0 Å². The van der Waals surface area contributed by atoms with Gasteiger partial charge in [0.25, 0.3) is 0 Å². The van der Waals surface area contributed by atoms with Gasteiger partial charge in [-0.25, -0.2) is 14.0 Å². The summed E-state index contributed by atoms with van der Waals surface area (Å²) in [5.41, 5.74) is 1.44. The third-order valence-electron chi connectivity index (χ3n) is 3.43. The molecule has 26 heavy (non-hydrogen) atoms. The van der Waals surface area contributed by atoms with Crippen LogP contribution in [-0.4, -0.2) is 12.0 Å². The summed E-state index contributed by atoms with van der Waals surface area (Å²) in [6, 6.07) is 20.0. The van der Waals surface area contributed by atoms with Gasteiger partial charge in [-0.05, 0) is 60.7 Å². The molecular formula is C20H15FN2O3. The summed E-state index contributed by atoms with van der Waals surface area (Å²) in [4.78, 5) is 23.9. The van der Waals surface area contributed by atoms with Crippen LogP contribution in [0.15, 0.2) is 78.9 Å². The van der Waals surface area contributed by atoms with Crippen molar-refractivity contribution >= 4 is 23.4 Å². The van der Waals surface area contributed by atoms with Crippen molar-refractivity contribution < 1.29 is 18.7 Å². The van der Waals surface area contributed by atoms with Crippen LogP contribution in [0.1, 0.15) is 10.4 Å². The van der Waals surface area contributed by atoms with Crippen LogP contribution >= 0.6 is 0 Å². The Morgan fingerprint density at radius 2 is 1.27 bits per heavy atom. The Balaban J connectivity index is 1.56. The molecule has 0 radical (unpaired) electrons. The van der Waals surface area contributed by atoms with Crippen molar-refractivity contribution in [1.82, 2.24) is 0 Å². The van der Waals surface area contributed by atoms with E-state index in [0.717, 1.165) is 0 Å². The molecule has 0 aromatic heterocycles. The average molecular weight is 350 g/mol. The van der Waals surface area contributed by atoms with Crippen molar-refractivity contribution in [3.05, 3.63) is 90.2 Å². The summed E-state index contributed by atoms with van der Waals surface area (Å²) in [5.74, 6) is -0.472. The van der Waals surface area contributed by atoms with Crippen LogP contribution in [0.5, 0.6) is 5.75 Å². The number of nitrogens with one attached hydrogen (secondary N) is 2. The fourth-order valence-electron chi connectivity index (χ4n) is 2.17. The number of rotatable bonds is 4. The number of ether oxygens (including phenoxy) is 1. The van der Waals surface area contributed by atoms with Gasteiger partial charge in [-0.1, -0.05) is 18.2 Å². The average Bonchev–Trinajstić information content (AvgIpc) is 2.66.